The summed E-state index contributed by atoms with van der Waals surface area (Å²) in [7, 11) is 0. The van der Waals surface area contributed by atoms with Crippen LogP contribution >= 0.6 is 0 Å². The van der Waals surface area contributed by atoms with Crippen LogP contribution in [-0.4, -0.2) is 53.5 Å². The number of amides is 1. The maximum atomic E-state index is 14.3. The number of halogens is 1. The minimum atomic E-state index is -0.641. The van der Waals surface area contributed by atoms with Gasteiger partial charge in [0, 0.05) is 38.5 Å². The van der Waals surface area contributed by atoms with Gasteiger partial charge in [0.15, 0.2) is 0 Å². The second kappa shape index (κ2) is 7.11. The van der Waals surface area contributed by atoms with Crippen LogP contribution in [0.3, 0.4) is 0 Å². The lowest BCUT2D eigenvalue weighted by molar-refractivity contribution is -0.116. The fourth-order valence-corrected chi connectivity index (χ4v) is 3.81. The van der Waals surface area contributed by atoms with Gasteiger partial charge in [-0.15, -0.1) is 0 Å². The monoisotopic (exact) mass is 371 g/mol. The molecule has 2 aromatic rings. The van der Waals surface area contributed by atoms with E-state index in [4.69, 9.17) is 0 Å². The number of fused-ring (bicyclic) bond motifs is 1. The average molecular weight is 371 g/mol. The zero-order valence-electron chi connectivity index (χ0n) is 15.2. The molecule has 1 aromatic carbocycles. The Kier molecular flexibility index (Phi) is 4.65. The molecule has 1 amide bonds. The number of likely N-dealkylation sites (N-methyl/N-ethyl adjacent to an activating group) is 1. The number of anilines is 2. The van der Waals surface area contributed by atoms with Crippen LogP contribution in [0.25, 0.3) is 0 Å². The highest BCUT2D eigenvalue weighted by Crippen LogP contribution is 2.35. The first kappa shape index (κ1) is 17.7. The van der Waals surface area contributed by atoms with E-state index >= 15 is 0 Å². The molecule has 8 heteroatoms. The maximum Gasteiger partial charge on any atom is 0.258 e. The third-order valence-corrected chi connectivity index (χ3v) is 5.34. The molecule has 0 saturated carbocycles. The quantitative estimate of drug-likeness (QED) is 0.855. The molecule has 4 rings (SSSR count). The molecule has 2 aliphatic heterocycles. The van der Waals surface area contributed by atoms with Crippen LogP contribution in [0.15, 0.2) is 29.1 Å². The van der Waals surface area contributed by atoms with Gasteiger partial charge in [0.05, 0.1) is 5.56 Å². The third kappa shape index (κ3) is 3.32. The lowest BCUT2D eigenvalue weighted by Crippen LogP contribution is -2.47. The van der Waals surface area contributed by atoms with E-state index in [1.54, 1.807) is 18.2 Å². The van der Waals surface area contributed by atoms with E-state index in [0.717, 1.165) is 32.7 Å². The number of aromatic amines is 1. The molecule has 7 nitrogen and oxygen atoms in total. The van der Waals surface area contributed by atoms with Crippen LogP contribution in [0.4, 0.5) is 16.2 Å². The van der Waals surface area contributed by atoms with E-state index in [0.29, 0.717) is 17.1 Å². The van der Waals surface area contributed by atoms with E-state index in [2.05, 4.69) is 27.1 Å². The molecule has 27 heavy (non-hydrogen) atoms. The summed E-state index contributed by atoms with van der Waals surface area (Å²) in [5.74, 6) is -0.657. The Morgan fingerprint density at radius 2 is 1.93 bits per heavy atom. The molecular weight excluding hydrogens is 349 g/mol. The number of carbonyl (C=O) groups excluding carboxylic acids is 1. The van der Waals surface area contributed by atoms with Crippen molar-refractivity contribution in [1.29, 1.82) is 0 Å². The first-order valence-corrected chi connectivity index (χ1v) is 9.22. The van der Waals surface area contributed by atoms with Crippen molar-refractivity contribution in [3.8, 4) is 0 Å². The molecular formula is C19H22FN5O2. The number of hydrogen-bond acceptors (Lipinski definition) is 5. The molecule has 1 fully saturated rings. The Hall–Kier alpha value is -2.74. The smallest absolute Gasteiger partial charge is 0.258 e. The number of hydrogen-bond donors (Lipinski definition) is 2. The first-order valence-electron chi connectivity index (χ1n) is 9.22. The normalized spacial score (nSPS) is 20.3. The predicted octanol–water partition coefficient (Wildman–Crippen LogP) is 1.52. The molecule has 0 aliphatic carbocycles. The first-order chi connectivity index (χ1) is 13.1. The second-order valence-corrected chi connectivity index (χ2v) is 6.90. The number of nitrogens with one attached hydrogen (secondary N) is 2. The van der Waals surface area contributed by atoms with Crippen LogP contribution in [0.2, 0.25) is 0 Å². The van der Waals surface area contributed by atoms with E-state index in [-0.39, 0.29) is 23.7 Å². The SMILES string of the molecule is CCN1CCN(c2nc3c(c(=O)[nH]2)[C@@H](c2ccccc2F)CC(=O)N3)CC1. The van der Waals surface area contributed by atoms with Gasteiger partial charge in [0.2, 0.25) is 11.9 Å². The van der Waals surface area contributed by atoms with Crippen molar-refractivity contribution in [1.82, 2.24) is 14.9 Å². The summed E-state index contributed by atoms with van der Waals surface area (Å²) < 4.78 is 14.3. The number of carbonyl (C=O) groups is 1. The Morgan fingerprint density at radius 3 is 2.63 bits per heavy atom. The molecule has 1 saturated heterocycles. The number of nitrogens with zero attached hydrogens (tertiary/aromatic N) is 3. The minimum Gasteiger partial charge on any atom is -0.340 e. The number of rotatable bonds is 3. The number of aromatic nitrogens is 2. The summed E-state index contributed by atoms with van der Waals surface area (Å²) in [6, 6.07) is 6.24. The topological polar surface area (TPSA) is 81.3 Å². The zero-order valence-corrected chi connectivity index (χ0v) is 15.2. The third-order valence-electron chi connectivity index (χ3n) is 5.34. The highest BCUT2D eigenvalue weighted by atomic mass is 19.1. The van der Waals surface area contributed by atoms with Crippen molar-refractivity contribution < 1.29 is 9.18 Å². The molecule has 0 bridgehead atoms. The molecule has 0 radical (unpaired) electrons. The Balaban J connectivity index is 1.71. The highest BCUT2D eigenvalue weighted by molar-refractivity contribution is 5.94. The second-order valence-electron chi connectivity index (χ2n) is 6.90. The van der Waals surface area contributed by atoms with Crippen molar-refractivity contribution in [2.75, 3.05) is 42.9 Å². The summed E-state index contributed by atoms with van der Waals surface area (Å²) in [6.07, 6.45) is 0.0210. The summed E-state index contributed by atoms with van der Waals surface area (Å²) in [4.78, 5) is 36.7. The van der Waals surface area contributed by atoms with Gasteiger partial charge in [0.25, 0.3) is 5.56 Å². The Morgan fingerprint density at radius 1 is 1.19 bits per heavy atom. The van der Waals surface area contributed by atoms with Gasteiger partial charge >= 0.3 is 0 Å². The van der Waals surface area contributed by atoms with Crippen LogP contribution in [-0.2, 0) is 4.79 Å². The van der Waals surface area contributed by atoms with Crippen molar-refractivity contribution in [3.63, 3.8) is 0 Å². The summed E-state index contributed by atoms with van der Waals surface area (Å²) in [6.45, 7) is 6.39. The molecule has 1 aromatic heterocycles. The predicted molar refractivity (Wildman–Crippen MR) is 101 cm³/mol. The summed E-state index contributed by atoms with van der Waals surface area (Å²) in [5, 5.41) is 2.69. The molecule has 2 N–H and O–H groups in total. The van der Waals surface area contributed by atoms with E-state index in [9.17, 15) is 14.0 Å². The summed E-state index contributed by atoms with van der Waals surface area (Å²) >= 11 is 0. The van der Waals surface area contributed by atoms with Crippen molar-refractivity contribution in [3.05, 3.63) is 51.6 Å². The highest BCUT2D eigenvalue weighted by Gasteiger charge is 2.33. The van der Waals surface area contributed by atoms with Gasteiger partial charge in [-0.25, -0.2) is 4.39 Å². The summed E-state index contributed by atoms with van der Waals surface area (Å²) in [5.41, 5.74) is 0.321. The maximum absolute atomic E-state index is 14.3. The average Bonchev–Trinajstić information content (AvgIpc) is 2.67. The van der Waals surface area contributed by atoms with Crippen LogP contribution in [0.1, 0.15) is 30.4 Å². The fraction of sp³-hybridized carbons (Fsp3) is 0.421. The minimum absolute atomic E-state index is 0.0210. The molecule has 0 unspecified atom stereocenters. The van der Waals surface area contributed by atoms with Gasteiger partial charge in [0.1, 0.15) is 11.6 Å². The van der Waals surface area contributed by atoms with E-state index in [1.807, 2.05) is 4.90 Å². The molecule has 2 aliphatic rings. The molecule has 142 valence electrons. The van der Waals surface area contributed by atoms with Crippen LogP contribution in [0.5, 0.6) is 0 Å². The van der Waals surface area contributed by atoms with Crippen LogP contribution < -0.4 is 15.8 Å². The van der Waals surface area contributed by atoms with Crippen molar-refractivity contribution in [2.24, 2.45) is 0 Å². The van der Waals surface area contributed by atoms with Crippen LogP contribution in [0, 0.1) is 5.82 Å². The van der Waals surface area contributed by atoms with E-state index < -0.39 is 11.7 Å². The molecule has 3 heterocycles. The van der Waals surface area contributed by atoms with E-state index in [1.165, 1.54) is 6.07 Å². The van der Waals surface area contributed by atoms with Gasteiger partial charge in [-0.2, -0.15) is 4.98 Å². The number of H-pyrrole nitrogens is 1. The largest absolute Gasteiger partial charge is 0.340 e. The lowest BCUT2D eigenvalue weighted by Gasteiger charge is -2.35. The van der Waals surface area contributed by atoms with Crippen molar-refractivity contribution in [2.45, 2.75) is 19.3 Å². The molecule has 1 atom stereocenters. The number of piperazine rings is 1. The van der Waals surface area contributed by atoms with Gasteiger partial charge in [-0.05, 0) is 18.2 Å². The Labute approximate surface area is 156 Å². The molecule has 0 spiro atoms. The van der Waals surface area contributed by atoms with Gasteiger partial charge in [-0.3, -0.25) is 14.6 Å². The van der Waals surface area contributed by atoms with Gasteiger partial charge < -0.3 is 15.1 Å². The number of benzene rings is 1. The fourth-order valence-electron chi connectivity index (χ4n) is 3.81. The lowest BCUT2D eigenvalue weighted by atomic mass is 9.86. The Bertz CT molecular complexity index is 921. The zero-order chi connectivity index (χ0) is 19.0. The van der Waals surface area contributed by atoms with Gasteiger partial charge in [-0.1, -0.05) is 25.1 Å². The standard InChI is InChI=1S/C19H22FN5O2/c1-2-24-7-9-25(10-8-24)19-22-17-16(18(27)23-19)13(11-15(26)21-17)12-5-3-4-6-14(12)20/h3-6,13H,2,7-11H2,1H3,(H2,21,22,23,26,27)/t13-/m1/s1. The van der Waals surface area contributed by atoms with Crippen molar-refractivity contribution >= 4 is 17.7 Å².